The lowest BCUT2D eigenvalue weighted by Gasteiger charge is -2.06. The zero-order valence-electron chi connectivity index (χ0n) is 13.1. The first-order valence-corrected chi connectivity index (χ1v) is 7.81. The molecule has 5 nitrogen and oxygen atoms in total. The van der Waals surface area contributed by atoms with E-state index in [1.54, 1.807) is 0 Å². The third-order valence-electron chi connectivity index (χ3n) is 4.08. The highest BCUT2D eigenvalue weighted by atomic mass is 16.1. The Bertz CT molecular complexity index is 673. The monoisotopic (exact) mass is 298 g/mol. The van der Waals surface area contributed by atoms with Crippen molar-refractivity contribution in [2.75, 3.05) is 20.1 Å². The van der Waals surface area contributed by atoms with Crippen LogP contribution in [0.2, 0.25) is 0 Å². The van der Waals surface area contributed by atoms with E-state index < -0.39 is 0 Å². The number of aromatic nitrogens is 2. The van der Waals surface area contributed by atoms with Gasteiger partial charge in [0.25, 0.3) is 5.91 Å². The van der Waals surface area contributed by atoms with E-state index in [2.05, 4.69) is 46.9 Å². The number of hydrogen-bond acceptors (Lipinski definition) is 3. The number of carbonyl (C=O) groups is 1. The highest BCUT2D eigenvalue weighted by Crippen LogP contribution is 2.27. The van der Waals surface area contributed by atoms with Gasteiger partial charge in [-0.1, -0.05) is 17.7 Å². The van der Waals surface area contributed by atoms with Crippen LogP contribution in [-0.4, -0.2) is 35.8 Å². The van der Waals surface area contributed by atoms with Gasteiger partial charge in [-0.25, -0.2) is 4.68 Å². The van der Waals surface area contributed by atoms with Gasteiger partial charge in [0.15, 0.2) is 5.69 Å². The Morgan fingerprint density at radius 2 is 2.00 bits per heavy atom. The van der Waals surface area contributed by atoms with Gasteiger partial charge in [-0.2, -0.15) is 5.10 Å². The predicted molar refractivity (Wildman–Crippen MR) is 86.6 cm³/mol. The molecule has 0 spiro atoms. The summed E-state index contributed by atoms with van der Waals surface area (Å²) in [6.45, 7) is 3.44. The van der Waals surface area contributed by atoms with E-state index in [1.165, 1.54) is 11.3 Å². The number of amides is 1. The molecule has 116 valence electrons. The number of nitrogens with one attached hydrogen (secondary N) is 2. The Morgan fingerprint density at radius 1 is 1.23 bits per heavy atom. The normalized spacial score (nSPS) is 13.2. The molecule has 2 N–H and O–H groups in total. The Labute approximate surface area is 130 Å². The number of benzene rings is 1. The van der Waals surface area contributed by atoms with Crippen LogP contribution in [0.15, 0.2) is 24.3 Å². The van der Waals surface area contributed by atoms with Crippen LogP contribution in [-0.2, 0) is 12.8 Å². The maximum Gasteiger partial charge on any atom is 0.272 e. The first-order valence-electron chi connectivity index (χ1n) is 7.81. The summed E-state index contributed by atoms with van der Waals surface area (Å²) in [6.07, 6.45) is 3.02. The summed E-state index contributed by atoms with van der Waals surface area (Å²) in [5.74, 6) is -0.0701. The minimum absolute atomic E-state index is 0.0701. The minimum atomic E-state index is -0.0701. The average molecular weight is 298 g/mol. The topological polar surface area (TPSA) is 58.9 Å². The Balaban J connectivity index is 1.91. The summed E-state index contributed by atoms with van der Waals surface area (Å²) in [6, 6.07) is 8.27. The van der Waals surface area contributed by atoms with E-state index in [4.69, 9.17) is 0 Å². The fourth-order valence-electron chi connectivity index (χ4n) is 2.90. The van der Waals surface area contributed by atoms with Gasteiger partial charge in [0.05, 0.1) is 5.69 Å². The van der Waals surface area contributed by atoms with Gasteiger partial charge in [-0.05, 0) is 45.4 Å². The molecule has 0 saturated carbocycles. The average Bonchev–Trinajstić information content (AvgIpc) is 3.10. The molecule has 0 unspecified atom stereocenters. The van der Waals surface area contributed by atoms with Crippen LogP contribution in [0.4, 0.5) is 0 Å². The molecule has 1 heterocycles. The Kier molecular flexibility index (Phi) is 4.24. The lowest BCUT2D eigenvalue weighted by atomic mass is 10.2. The second-order valence-corrected chi connectivity index (χ2v) is 5.73. The molecule has 1 aromatic carbocycles. The number of fused-ring (bicyclic) bond motifs is 1. The van der Waals surface area contributed by atoms with E-state index in [9.17, 15) is 4.79 Å². The van der Waals surface area contributed by atoms with Crippen LogP contribution < -0.4 is 10.6 Å². The van der Waals surface area contributed by atoms with Crippen molar-refractivity contribution in [2.24, 2.45) is 0 Å². The van der Waals surface area contributed by atoms with Crippen molar-refractivity contribution < 1.29 is 4.79 Å². The van der Waals surface area contributed by atoms with Gasteiger partial charge in [-0.15, -0.1) is 0 Å². The fourth-order valence-corrected chi connectivity index (χ4v) is 2.90. The maximum absolute atomic E-state index is 12.4. The van der Waals surface area contributed by atoms with E-state index >= 15 is 0 Å². The van der Waals surface area contributed by atoms with Gasteiger partial charge in [0.2, 0.25) is 0 Å². The van der Waals surface area contributed by atoms with Gasteiger partial charge in [0, 0.05) is 24.3 Å². The smallest absolute Gasteiger partial charge is 0.272 e. The summed E-state index contributed by atoms with van der Waals surface area (Å²) in [5.41, 5.74) is 5.13. The predicted octanol–water partition coefficient (Wildman–Crippen LogP) is 1.62. The highest BCUT2D eigenvalue weighted by molar-refractivity contribution is 5.94. The van der Waals surface area contributed by atoms with Crippen LogP contribution >= 0.6 is 0 Å². The quantitative estimate of drug-likeness (QED) is 0.825. The first-order chi connectivity index (χ1) is 10.7. The number of aryl methyl sites for hydroxylation is 1. The molecule has 3 rings (SSSR count). The Hall–Kier alpha value is -2.14. The lowest BCUT2D eigenvalue weighted by Crippen LogP contribution is -2.31. The summed E-state index contributed by atoms with van der Waals surface area (Å²) < 4.78 is 1.94. The van der Waals surface area contributed by atoms with Crippen molar-refractivity contribution in [1.82, 2.24) is 20.4 Å². The molecular weight excluding hydrogens is 276 g/mol. The van der Waals surface area contributed by atoms with Crippen molar-refractivity contribution in [3.05, 3.63) is 46.8 Å². The molecule has 1 aliphatic rings. The van der Waals surface area contributed by atoms with E-state index in [1.807, 2.05) is 11.7 Å². The summed E-state index contributed by atoms with van der Waals surface area (Å²) in [5, 5.41) is 10.5. The second kappa shape index (κ2) is 6.32. The fraction of sp³-hybridized carbons (Fsp3) is 0.412. The number of nitrogens with zero attached hydrogens (tertiary/aromatic N) is 2. The van der Waals surface area contributed by atoms with E-state index in [-0.39, 0.29) is 5.91 Å². The molecule has 0 saturated heterocycles. The van der Waals surface area contributed by atoms with Crippen molar-refractivity contribution >= 4 is 5.91 Å². The molecule has 0 radical (unpaired) electrons. The summed E-state index contributed by atoms with van der Waals surface area (Å²) in [4.78, 5) is 12.4. The van der Waals surface area contributed by atoms with E-state index in [0.29, 0.717) is 12.2 Å². The summed E-state index contributed by atoms with van der Waals surface area (Å²) in [7, 11) is 1.87. The number of rotatable bonds is 5. The molecule has 1 aromatic heterocycles. The van der Waals surface area contributed by atoms with Crippen LogP contribution in [0.25, 0.3) is 5.69 Å². The molecule has 2 aromatic rings. The number of likely N-dealkylation sites (N-methyl/N-ethyl adjacent to an activating group) is 1. The van der Waals surface area contributed by atoms with Gasteiger partial charge < -0.3 is 10.6 Å². The van der Waals surface area contributed by atoms with Crippen molar-refractivity contribution in [3.63, 3.8) is 0 Å². The number of carbonyl (C=O) groups excluding carboxylic acids is 1. The molecule has 22 heavy (non-hydrogen) atoms. The molecule has 1 aliphatic carbocycles. The van der Waals surface area contributed by atoms with Gasteiger partial charge in [-0.3, -0.25) is 4.79 Å². The van der Waals surface area contributed by atoms with Crippen LogP contribution in [0.3, 0.4) is 0 Å². The standard InChI is InChI=1S/C17H22N4O/c1-12-6-8-13(9-7-12)21-15-5-3-4-14(15)16(20-21)17(22)19-11-10-18-2/h6-9,18H,3-5,10-11H2,1-2H3,(H,19,22). The highest BCUT2D eigenvalue weighted by Gasteiger charge is 2.26. The Morgan fingerprint density at radius 3 is 2.73 bits per heavy atom. The van der Waals surface area contributed by atoms with Gasteiger partial charge in [0.1, 0.15) is 0 Å². The zero-order valence-corrected chi connectivity index (χ0v) is 13.1. The number of hydrogen-bond donors (Lipinski definition) is 2. The largest absolute Gasteiger partial charge is 0.349 e. The molecule has 5 heteroatoms. The van der Waals surface area contributed by atoms with Crippen molar-refractivity contribution in [1.29, 1.82) is 0 Å². The molecule has 0 bridgehead atoms. The lowest BCUT2D eigenvalue weighted by molar-refractivity contribution is 0.0948. The van der Waals surface area contributed by atoms with Crippen LogP contribution in [0.1, 0.15) is 33.7 Å². The third-order valence-corrected chi connectivity index (χ3v) is 4.08. The second-order valence-electron chi connectivity index (χ2n) is 5.73. The molecular formula is C17H22N4O. The molecule has 1 amide bonds. The summed E-state index contributed by atoms with van der Waals surface area (Å²) >= 11 is 0. The molecule has 0 atom stereocenters. The van der Waals surface area contributed by atoms with Crippen LogP contribution in [0.5, 0.6) is 0 Å². The first kappa shape index (κ1) is 14.8. The van der Waals surface area contributed by atoms with Crippen molar-refractivity contribution in [3.8, 4) is 5.69 Å². The van der Waals surface area contributed by atoms with Gasteiger partial charge >= 0.3 is 0 Å². The maximum atomic E-state index is 12.4. The van der Waals surface area contributed by atoms with Crippen LogP contribution in [0, 0.1) is 6.92 Å². The molecule has 0 fully saturated rings. The SMILES string of the molecule is CNCCNC(=O)c1nn(-c2ccc(C)cc2)c2c1CCC2. The zero-order chi connectivity index (χ0) is 15.5. The minimum Gasteiger partial charge on any atom is -0.349 e. The molecule has 0 aliphatic heterocycles. The van der Waals surface area contributed by atoms with Crippen molar-refractivity contribution in [2.45, 2.75) is 26.2 Å². The van der Waals surface area contributed by atoms with E-state index in [0.717, 1.165) is 37.1 Å². The third kappa shape index (κ3) is 2.76.